The summed E-state index contributed by atoms with van der Waals surface area (Å²) in [4.78, 5) is 18.0. The Balaban J connectivity index is 2.05. The maximum atomic E-state index is 13.4. The number of methoxy groups -OCH3 is 1. The second kappa shape index (κ2) is 5.51. The minimum atomic E-state index is -2.61. The number of hydrogen-bond donors (Lipinski definition) is 0. The predicted molar refractivity (Wildman–Crippen MR) is 79.5 cm³/mol. The summed E-state index contributed by atoms with van der Waals surface area (Å²) >= 11 is 0. The first-order valence-electron chi connectivity index (χ1n) is 7.10. The normalized spacial score (nSPS) is 17.5. The molecule has 1 aromatic heterocycles. The Morgan fingerprint density at radius 1 is 1.32 bits per heavy atom. The number of rotatable bonds is 2. The fraction of sp³-hybridized carbons (Fsp3) is 0.375. The maximum Gasteiger partial charge on any atom is 0.337 e. The molecule has 1 aromatic carbocycles. The minimum Gasteiger partial charge on any atom is -0.465 e. The van der Waals surface area contributed by atoms with E-state index in [1.165, 1.54) is 7.11 Å². The van der Waals surface area contributed by atoms with Crippen molar-refractivity contribution in [2.75, 3.05) is 25.1 Å². The summed E-state index contributed by atoms with van der Waals surface area (Å²) in [7, 11) is 1.32. The molecule has 2 heterocycles. The summed E-state index contributed by atoms with van der Waals surface area (Å²) < 4.78 is 31.5. The van der Waals surface area contributed by atoms with Gasteiger partial charge in [-0.2, -0.15) is 0 Å². The van der Waals surface area contributed by atoms with Crippen LogP contribution in [0.4, 0.5) is 14.5 Å². The standard InChI is InChI=1S/C16H16F2N2O2/c1-22-15(21)12-9-11-3-2-6-19-14(11)13(10-12)20-7-4-16(17,18)5-8-20/h2-3,6,9-10H,4-5,7-8H2,1H3. The van der Waals surface area contributed by atoms with Gasteiger partial charge >= 0.3 is 5.97 Å². The molecule has 116 valence electrons. The molecule has 0 N–H and O–H groups in total. The summed E-state index contributed by atoms with van der Waals surface area (Å²) in [5.74, 6) is -3.06. The predicted octanol–water partition coefficient (Wildman–Crippen LogP) is 3.26. The van der Waals surface area contributed by atoms with Crippen molar-refractivity contribution < 1.29 is 18.3 Å². The molecule has 1 saturated heterocycles. The Morgan fingerprint density at radius 3 is 2.73 bits per heavy atom. The van der Waals surface area contributed by atoms with Crippen molar-refractivity contribution in [3.8, 4) is 0 Å². The maximum absolute atomic E-state index is 13.4. The average molecular weight is 306 g/mol. The van der Waals surface area contributed by atoms with Crippen LogP contribution in [0, 0.1) is 0 Å². The second-order valence-corrected chi connectivity index (χ2v) is 5.41. The summed E-state index contributed by atoms with van der Waals surface area (Å²) in [5, 5.41) is 0.790. The van der Waals surface area contributed by atoms with Crippen LogP contribution in [-0.4, -0.2) is 37.1 Å². The number of benzene rings is 1. The Hall–Kier alpha value is -2.24. The van der Waals surface area contributed by atoms with Gasteiger partial charge in [0.2, 0.25) is 0 Å². The van der Waals surface area contributed by atoms with Crippen LogP contribution in [0.15, 0.2) is 30.5 Å². The summed E-state index contributed by atoms with van der Waals surface area (Å²) in [6.07, 6.45) is 1.27. The van der Waals surface area contributed by atoms with Crippen molar-refractivity contribution in [1.82, 2.24) is 4.98 Å². The third-order valence-electron chi connectivity index (χ3n) is 3.94. The molecule has 1 aliphatic rings. The lowest BCUT2D eigenvalue weighted by Crippen LogP contribution is -2.39. The molecule has 0 radical (unpaired) electrons. The number of anilines is 1. The van der Waals surface area contributed by atoms with Crippen LogP contribution in [0.25, 0.3) is 10.9 Å². The first kappa shape index (κ1) is 14.7. The number of ether oxygens (including phenoxy) is 1. The summed E-state index contributed by atoms with van der Waals surface area (Å²) in [5.41, 5.74) is 1.81. The number of pyridine rings is 1. The zero-order valence-corrected chi connectivity index (χ0v) is 12.2. The van der Waals surface area contributed by atoms with Crippen molar-refractivity contribution in [3.63, 3.8) is 0 Å². The molecule has 0 spiro atoms. The quantitative estimate of drug-likeness (QED) is 0.799. The number of halogens is 2. The van der Waals surface area contributed by atoms with Crippen LogP contribution in [0.2, 0.25) is 0 Å². The molecule has 3 rings (SSSR count). The highest BCUT2D eigenvalue weighted by Gasteiger charge is 2.34. The van der Waals surface area contributed by atoms with Crippen molar-refractivity contribution in [1.29, 1.82) is 0 Å². The van der Waals surface area contributed by atoms with E-state index in [0.717, 1.165) is 5.39 Å². The van der Waals surface area contributed by atoms with Crippen LogP contribution in [-0.2, 0) is 4.74 Å². The Morgan fingerprint density at radius 2 is 2.05 bits per heavy atom. The van der Waals surface area contributed by atoms with Crippen LogP contribution in [0.5, 0.6) is 0 Å². The Labute approximate surface area is 126 Å². The fourth-order valence-corrected chi connectivity index (χ4v) is 2.72. The van der Waals surface area contributed by atoms with Gasteiger partial charge in [0.25, 0.3) is 5.92 Å². The number of alkyl halides is 2. The molecular weight excluding hydrogens is 290 g/mol. The van der Waals surface area contributed by atoms with Crippen molar-refractivity contribution in [2.24, 2.45) is 0 Å². The highest BCUT2D eigenvalue weighted by atomic mass is 19.3. The lowest BCUT2D eigenvalue weighted by molar-refractivity contribution is -0.0220. The van der Waals surface area contributed by atoms with E-state index in [9.17, 15) is 13.6 Å². The number of fused-ring (bicyclic) bond motifs is 1. The van der Waals surface area contributed by atoms with Gasteiger partial charge in [-0.15, -0.1) is 0 Å². The van der Waals surface area contributed by atoms with Gasteiger partial charge in [-0.05, 0) is 18.2 Å². The van der Waals surface area contributed by atoms with E-state index in [1.54, 1.807) is 24.4 Å². The molecule has 0 unspecified atom stereocenters. The van der Waals surface area contributed by atoms with Gasteiger partial charge in [0.1, 0.15) is 0 Å². The summed E-state index contributed by atoms with van der Waals surface area (Å²) in [6.45, 7) is 0.479. The van der Waals surface area contributed by atoms with E-state index in [1.807, 2.05) is 11.0 Å². The third kappa shape index (κ3) is 2.73. The van der Waals surface area contributed by atoms with Gasteiger partial charge in [0, 0.05) is 37.5 Å². The smallest absolute Gasteiger partial charge is 0.337 e. The number of carbonyl (C=O) groups is 1. The number of nitrogens with zero attached hydrogens (tertiary/aromatic N) is 2. The van der Waals surface area contributed by atoms with Crippen LogP contribution >= 0.6 is 0 Å². The van der Waals surface area contributed by atoms with Gasteiger partial charge < -0.3 is 9.64 Å². The third-order valence-corrected chi connectivity index (χ3v) is 3.94. The van der Waals surface area contributed by atoms with E-state index in [4.69, 9.17) is 4.74 Å². The first-order valence-corrected chi connectivity index (χ1v) is 7.10. The molecule has 22 heavy (non-hydrogen) atoms. The molecule has 0 aliphatic carbocycles. The molecule has 6 heteroatoms. The molecule has 1 aliphatic heterocycles. The largest absolute Gasteiger partial charge is 0.465 e. The molecule has 0 saturated carbocycles. The Kier molecular flexibility index (Phi) is 3.68. The number of esters is 1. The number of carbonyl (C=O) groups excluding carboxylic acids is 1. The van der Waals surface area contributed by atoms with Gasteiger partial charge in [-0.1, -0.05) is 6.07 Å². The molecule has 1 fully saturated rings. The van der Waals surface area contributed by atoms with Gasteiger partial charge in [0.15, 0.2) is 0 Å². The number of hydrogen-bond acceptors (Lipinski definition) is 4. The lowest BCUT2D eigenvalue weighted by atomic mass is 10.0. The Bertz CT molecular complexity index is 708. The topological polar surface area (TPSA) is 42.4 Å². The van der Waals surface area contributed by atoms with Crippen LogP contribution in [0.1, 0.15) is 23.2 Å². The van der Waals surface area contributed by atoms with Gasteiger partial charge in [-0.25, -0.2) is 13.6 Å². The van der Waals surface area contributed by atoms with E-state index in [-0.39, 0.29) is 25.9 Å². The summed E-state index contributed by atoms with van der Waals surface area (Å²) in [6, 6.07) is 7.00. The monoisotopic (exact) mass is 306 g/mol. The molecule has 0 atom stereocenters. The van der Waals surface area contributed by atoms with E-state index in [0.29, 0.717) is 16.8 Å². The van der Waals surface area contributed by atoms with E-state index in [2.05, 4.69) is 4.98 Å². The molecule has 0 bridgehead atoms. The van der Waals surface area contributed by atoms with Crippen LogP contribution in [0.3, 0.4) is 0 Å². The van der Waals surface area contributed by atoms with Gasteiger partial charge in [0.05, 0.1) is 23.9 Å². The molecular formula is C16H16F2N2O2. The van der Waals surface area contributed by atoms with E-state index >= 15 is 0 Å². The van der Waals surface area contributed by atoms with Crippen molar-refractivity contribution in [3.05, 3.63) is 36.0 Å². The zero-order chi connectivity index (χ0) is 15.7. The molecule has 0 amide bonds. The first-order chi connectivity index (χ1) is 10.5. The second-order valence-electron chi connectivity index (χ2n) is 5.41. The highest BCUT2D eigenvalue weighted by molar-refractivity contribution is 6.00. The van der Waals surface area contributed by atoms with E-state index < -0.39 is 11.9 Å². The average Bonchev–Trinajstić information content (AvgIpc) is 2.53. The molecule has 2 aromatic rings. The highest BCUT2D eigenvalue weighted by Crippen LogP contribution is 2.34. The number of piperidine rings is 1. The molecule has 4 nitrogen and oxygen atoms in total. The van der Waals surface area contributed by atoms with Crippen molar-refractivity contribution in [2.45, 2.75) is 18.8 Å². The van der Waals surface area contributed by atoms with Gasteiger partial charge in [-0.3, -0.25) is 4.98 Å². The minimum absolute atomic E-state index is 0.191. The fourth-order valence-electron chi connectivity index (χ4n) is 2.72. The zero-order valence-electron chi connectivity index (χ0n) is 12.2. The van der Waals surface area contributed by atoms with Crippen molar-refractivity contribution >= 4 is 22.6 Å². The SMILES string of the molecule is COC(=O)c1cc(N2CCC(F)(F)CC2)c2ncccc2c1. The lowest BCUT2D eigenvalue weighted by Gasteiger charge is -2.33. The van der Waals surface area contributed by atoms with Crippen LogP contribution < -0.4 is 4.90 Å². The number of aromatic nitrogens is 1.